The molecule has 0 aliphatic heterocycles. The molecule has 1 aromatic rings. The summed E-state index contributed by atoms with van der Waals surface area (Å²) in [5.74, 6) is 0. The molecule has 2 unspecified atom stereocenters. The maximum absolute atomic E-state index is 9.81. The zero-order chi connectivity index (χ0) is 12.1. The van der Waals surface area contributed by atoms with Gasteiger partial charge in [-0.2, -0.15) is 10.5 Å². The molecule has 1 rings (SSSR count). The fourth-order valence-corrected chi connectivity index (χ4v) is 1.44. The standard InChI is InChI=1S/C12H12N2O2/c1-8-2-3-9(7-14)6-10(8)12(16)11(15)4-5-13/h2-3,6,11-12,15-16H,4H2,1H3. The Bertz CT molecular complexity index is 457. The molecule has 0 radical (unpaired) electrons. The van der Waals surface area contributed by atoms with E-state index in [1.165, 1.54) is 6.07 Å². The fourth-order valence-electron chi connectivity index (χ4n) is 1.44. The van der Waals surface area contributed by atoms with E-state index in [-0.39, 0.29) is 6.42 Å². The van der Waals surface area contributed by atoms with Crippen LogP contribution in [0.15, 0.2) is 18.2 Å². The van der Waals surface area contributed by atoms with Crippen molar-refractivity contribution in [2.75, 3.05) is 0 Å². The lowest BCUT2D eigenvalue weighted by molar-refractivity contribution is 0.0212. The molecule has 0 bridgehead atoms. The van der Waals surface area contributed by atoms with E-state index >= 15 is 0 Å². The summed E-state index contributed by atoms with van der Waals surface area (Å²) in [7, 11) is 0. The Morgan fingerprint density at radius 1 is 1.31 bits per heavy atom. The quantitative estimate of drug-likeness (QED) is 0.793. The fraction of sp³-hybridized carbons (Fsp3) is 0.333. The Hall–Kier alpha value is -1.88. The molecule has 0 aliphatic carbocycles. The van der Waals surface area contributed by atoms with Crippen LogP contribution in [-0.4, -0.2) is 16.3 Å². The zero-order valence-electron chi connectivity index (χ0n) is 8.88. The minimum absolute atomic E-state index is 0.141. The molecule has 16 heavy (non-hydrogen) atoms. The van der Waals surface area contributed by atoms with Crippen LogP contribution < -0.4 is 0 Å². The summed E-state index contributed by atoms with van der Waals surface area (Å²) in [6.07, 6.45) is -2.40. The molecule has 0 saturated carbocycles. The van der Waals surface area contributed by atoms with Gasteiger partial charge in [0.2, 0.25) is 0 Å². The van der Waals surface area contributed by atoms with E-state index in [1.54, 1.807) is 25.1 Å². The maximum Gasteiger partial charge on any atom is 0.106 e. The number of rotatable bonds is 3. The summed E-state index contributed by atoms with van der Waals surface area (Å²) >= 11 is 0. The molecule has 2 N–H and O–H groups in total. The summed E-state index contributed by atoms with van der Waals surface area (Å²) in [5.41, 5.74) is 1.69. The van der Waals surface area contributed by atoms with E-state index in [4.69, 9.17) is 10.5 Å². The minimum atomic E-state index is -1.13. The van der Waals surface area contributed by atoms with E-state index in [1.807, 2.05) is 6.07 Å². The first-order chi connectivity index (χ1) is 7.60. The van der Waals surface area contributed by atoms with Crippen molar-refractivity contribution in [1.29, 1.82) is 10.5 Å². The molecule has 2 atom stereocenters. The summed E-state index contributed by atoms with van der Waals surface area (Å²) < 4.78 is 0. The predicted octanol–water partition coefficient (Wildman–Crippen LogP) is 1.17. The molecular formula is C12H12N2O2. The van der Waals surface area contributed by atoms with Gasteiger partial charge in [0.15, 0.2) is 0 Å². The smallest absolute Gasteiger partial charge is 0.106 e. The first-order valence-electron chi connectivity index (χ1n) is 4.84. The summed E-state index contributed by atoms with van der Waals surface area (Å²) in [5, 5.41) is 36.5. The number of hydrogen-bond acceptors (Lipinski definition) is 4. The van der Waals surface area contributed by atoms with Crippen LogP contribution in [0.2, 0.25) is 0 Å². The number of hydrogen-bond donors (Lipinski definition) is 2. The molecule has 4 nitrogen and oxygen atoms in total. The third-order valence-corrected chi connectivity index (χ3v) is 2.39. The van der Waals surface area contributed by atoms with Gasteiger partial charge in [-0.25, -0.2) is 0 Å². The van der Waals surface area contributed by atoms with Crippen molar-refractivity contribution < 1.29 is 10.2 Å². The third kappa shape index (κ3) is 2.58. The van der Waals surface area contributed by atoms with Gasteiger partial charge in [0.25, 0.3) is 0 Å². The van der Waals surface area contributed by atoms with Crippen molar-refractivity contribution in [3.05, 3.63) is 34.9 Å². The summed E-state index contributed by atoms with van der Waals surface area (Å²) in [6.45, 7) is 1.78. The average molecular weight is 216 g/mol. The van der Waals surface area contributed by atoms with Gasteiger partial charge >= 0.3 is 0 Å². The summed E-state index contributed by atoms with van der Waals surface area (Å²) in [4.78, 5) is 0. The molecule has 0 saturated heterocycles. The molecule has 0 aromatic heterocycles. The molecule has 0 spiro atoms. The van der Waals surface area contributed by atoms with Crippen LogP contribution in [0, 0.1) is 29.6 Å². The van der Waals surface area contributed by atoms with Gasteiger partial charge in [-0.05, 0) is 30.2 Å². The van der Waals surface area contributed by atoms with Gasteiger partial charge in [-0.3, -0.25) is 0 Å². The molecule has 1 aromatic carbocycles. The van der Waals surface area contributed by atoms with E-state index in [0.717, 1.165) is 5.56 Å². The number of aryl methyl sites for hydroxylation is 1. The molecule has 82 valence electrons. The minimum Gasteiger partial charge on any atom is -0.389 e. The van der Waals surface area contributed by atoms with E-state index in [9.17, 15) is 10.2 Å². The second-order valence-electron chi connectivity index (χ2n) is 3.56. The first-order valence-corrected chi connectivity index (χ1v) is 4.84. The Balaban J connectivity index is 3.04. The second-order valence-corrected chi connectivity index (χ2v) is 3.56. The Morgan fingerprint density at radius 2 is 2.00 bits per heavy atom. The monoisotopic (exact) mass is 216 g/mol. The van der Waals surface area contributed by atoms with Crippen molar-refractivity contribution in [2.45, 2.75) is 25.6 Å². The lowest BCUT2D eigenvalue weighted by atomic mass is 9.96. The SMILES string of the molecule is Cc1ccc(C#N)cc1C(O)C(O)CC#N. The van der Waals surface area contributed by atoms with Crippen LogP contribution in [-0.2, 0) is 0 Å². The lowest BCUT2D eigenvalue weighted by Crippen LogP contribution is -2.18. The van der Waals surface area contributed by atoms with Gasteiger partial charge in [-0.15, -0.1) is 0 Å². The van der Waals surface area contributed by atoms with Crippen molar-refractivity contribution in [3.8, 4) is 12.1 Å². The average Bonchev–Trinajstić information content (AvgIpc) is 2.29. The van der Waals surface area contributed by atoms with E-state index in [2.05, 4.69) is 0 Å². The molecule has 0 aliphatic rings. The Kier molecular flexibility index (Phi) is 4.02. The van der Waals surface area contributed by atoms with Crippen LogP contribution in [0.25, 0.3) is 0 Å². The van der Waals surface area contributed by atoms with E-state index in [0.29, 0.717) is 11.1 Å². The molecular weight excluding hydrogens is 204 g/mol. The largest absolute Gasteiger partial charge is 0.389 e. The van der Waals surface area contributed by atoms with E-state index < -0.39 is 12.2 Å². The van der Waals surface area contributed by atoms with Crippen LogP contribution in [0.3, 0.4) is 0 Å². The highest BCUT2D eigenvalue weighted by Crippen LogP contribution is 2.23. The number of aliphatic hydroxyl groups is 2. The maximum atomic E-state index is 9.81. The van der Waals surface area contributed by atoms with Gasteiger partial charge < -0.3 is 10.2 Å². The van der Waals surface area contributed by atoms with Crippen LogP contribution in [0.1, 0.15) is 29.2 Å². The number of aliphatic hydroxyl groups excluding tert-OH is 2. The molecule has 0 fully saturated rings. The topological polar surface area (TPSA) is 88.0 Å². The second kappa shape index (κ2) is 5.27. The van der Waals surface area contributed by atoms with Crippen LogP contribution >= 0.6 is 0 Å². The third-order valence-electron chi connectivity index (χ3n) is 2.39. The lowest BCUT2D eigenvalue weighted by Gasteiger charge is -2.17. The van der Waals surface area contributed by atoms with Crippen molar-refractivity contribution in [3.63, 3.8) is 0 Å². The molecule has 4 heteroatoms. The van der Waals surface area contributed by atoms with Gasteiger partial charge in [0, 0.05) is 0 Å². The Morgan fingerprint density at radius 3 is 2.56 bits per heavy atom. The first kappa shape index (κ1) is 12.2. The van der Waals surface area contributed by atoms with Crippen LogP contribution in [0.5, 0.6) is 0 Å². The highest BCUT2D eigenvalue weighted by molar-refractivity contribution is 5.39. The number of nitriles is 2. The van der Waals surface area contributed by atoms with Crippen molar-refractivity contribution >= 4 is 0 Å². The Labute approximate surface area is 94.0 Å². The van der Waals surface area contributed by atoms with Gasteiger partial charge in [0.05, 0.1) is 30.2 Å². The number of benzene rings is 1. The van der Waals surface area contributed by atoms with Gasteiger partial charge in [0.1, 0.15) is 6.10 Å². The van der Waals surface area contributed by atoms with Crippen molar-refractivity contribution in [1.82, 2.24) is 0 Å². The zero-order valence-corrected chi connectivity index (χ0v) is 8.88. The highest BCUT2D eigenvalue weighted by atomic mass is 16.3. The summed E-state index contributed by atoms with van der Waals surface area (Å²) in [6, 6.07) is 8.63. The van der Waals surface area contributed by atoms with Crippen molar-refractivity contribution in [2.24, 2.45) is 0 Å². The normalized spacial score (nSPS) is 13.6. The van der Waals surface area contributed by atoms with Gasteiger partial charge in [-0.1, -0.05) is 6.07 Å². The molecule has 0 amide bonds. The number of nitrogens with zero attached hydrogens (tertiary/aromatic N) is 2. The predicted molar refractivity (Wildman–Crippen MR) is 57.1 cm³/mol. The molecule has 0 heterocycles. The highest BCUT2D eigenvalue weighted by Gasteiger charge is 2.20. The van der Waals surface area contributed by atoms with Crippen LogP contribution in [0.4, 0.5) is 0 Å².